The van der Waals surface area contributed by atoms with Gasteiger partial charge in [0.05, 0.1) is 7.11 Å². The summed E-state index contributed by atoms with van der Waals surface area (Å²) in [6, 6.07) is 3.32. The number of aromatic nitrogens is 1. The molecule has 0 bridgehead atoms. The number of pyridine rings is 1. The highest BCUT2D eigenvalue weighted by molar-refractivity contribution is 5.84. The highest BCUT2D eigenvalue weighted by Crippen LogP contribution is 2.14. The fourth-order valence-corrected chi connectivity index (χ4v) is 1.73. The number of ether oxygens (including phenoxy) is 1. The van der Waals surface area contributed by atoms with Gasteiger partial charge in [0.15, 0.2) is 0 Å². The van der Waals surface area contributed by atoms with Crippen LogP contribution in [-0.4, -0.2) is 42.0 Å². The molecule has 0 spiro atoms. The average molecular weight is 251 g/mol. The number of nitrogens with zero attached hydrogens (tertiary/aromatic N) is 2. The number of carbonyl (C=O) groups excluding carboxylic acids is 1. The molecule has 0 aliphatic heterocycles. The van der Waals surface area contributed by atoms with Crippen LogP contribution in [0.4, 0.5) is 5.69 Å². The lowest BCUT2D eigenvalue weighted by Crippen LogP contribution is -2.41. The third-order valence-electron chi connectivity index (χ3n) is 2.77. The lowest BCUT2D eigenvalue weighted by molar-refractivity contribution is -0.131. The van der Waals surface area contributed by atoms with Crippen molar-refractivity contribution in [2.45, 2.75) is 26.8 Å². The number of amides is 1. The minimum atomic E-state index is -0.267. The molecule has 1 unspecified atom stereocenters. The maximum absolute atomic E-state index is 12.1. The van der Waals surface area contributed by atoms with Crippen molar-refractivity contribution in [3.05, 3.63) is 18.3 Å². The fourth-order valence-electron chi connectivity index (χ4n) is 1.73. The van der Waals surface area contributed by atoms with Gasteiger partial charge in [0.1, 0.15) is 6.04 Å². The van der Waals surface area contributed by atoms with E-state index >= 15 is 0 Å². The predicted octanol–water partition coefficient (Wildman–Crippen LogP) is 1.76. The molecule has 0 aliphatic carbocycles. The van der Waals surface area contributed by atoms with E-state index in [1.165, 1.54) is 0 Å². The highest BCUT2D eigenvalue weighted by Gasteiger charge is 2.17. The van der Waals surface area contributed by atoms with Gasteiger partial charge in [-0.2, -0.15) is 0 Å². The quantitative estimate of drug-likeness (QED) is 0.837. The lowest BCUT2D eigenvalue weighted by Gasteiger charge is -2.24. The van der Waals surface area contributed by atoms with Gasteiger partial charge in [-0.05, 0) is 26.8 Å². The van der Waals surface area contributed by atoms with Crippen LogP contribution in [0.15, 0.2) is 18.3 Å². The van der Waals surface area contributed by atoms with Gasteiger partial charge in [0.2, 0.25) is 11.8 Å². The van der Waals surface area contributed by atoms with E-state index in [0.717, 1.165) is 18.8 Å². The number of carbonyl (C=O) groups is 1. The van der Waals surface area contributed by atoms with E-state index in [1.54, 1.807) is 24.3 Å². The first-order valence-corrected chi connectivity index (χ1v) is 6.17. The van der Waals surface area contributed by atoms with Gasteiger partial charge in [-0.15, -0.1) is 0 Å². The number of hydrogen-bond acceptors (Lipinski definition) is 4. The van der Waals surface area contributed by atoms with Gasteiger partial charge in [-0.3, -0.25) is 4.79 Å². The summed E-state index contributed by atoms with van der Waals surface area (Å²) >= 11 is 0. The van der Waals surface area contributed by atoms with Crippen molar-refractivity contribution in [1.82, 2.24) is 9.88 Å². The molecular formula is C13H21N3O2. The Morgan fingerprint density at radius 2 is 2.17 bits per heavy atom. The Kier molecular flexibility index (Phi) is 5.42. The molecule has 1 heterocycles. The molecule has 1 aromatic heterocycles. The Morgan fingerprint density at radius 3 is 2.72 bits per heavy atom. The van der Waals surface area contributed by atoms with E-state index in [2.05, 4.69) is 10.3 Å². The minimum absolute atomic E-state index is 0.0933. The molecule has 0 saturated carbocycles. The van der Waals surface area contributed by atoms with Crippen LogP contribution >= 0.6 is 0 Å². The van der Waals surface area contributed by atoms with E-state index in [0.29, 0.717) is 5.88 Å². The van der Waals surface area contributed by atoms with Crippen molar-refractivity contribution in [3.63, 3.8) is 0 Å². The summed E-state index contributed by atoms with van der Waals surface area (Å²) in [7, 11) is 1.57. The van der Waals surface area contributed by atoms with Gasteiger partial charge in [0, 0.05) is 31.0 Å². The van der Waals surface area contributed by atoms with Crippen molar-refractivity contribution in [3.8, 4) is 5.88 Å². The Morgan fingerprint density at radius 1 is 1.50 bits per heavy atom. The molecule has 5 heteroatoms. The summed E-state index contributed by atoms with van der Waals surface area (Å²) < 4.78 is 5.04. The molecule has 5 nitrogen and oxygen atoms in total. The third kappa shape index (κ3) is 3.61. The van der Waals surface area contributed by atoms with Gasteiger partial charge >= 0.3 is 0 Å². The van der Waals surface area contributed by atoms with Crippen LogP contribution in [0.25, 0.3) is 0 Å². The number of rotatable bonds is 6. The topological polar surface area (TPSA) is 54.5 Å². The molecule has 1 aromatic rings. The van der Waals surface area contributed by atoms with Crippen LogP contribution in [-0.2, 0) is 4.79 Å². The van der Waals surface area contributed by atoms with E-state index < -0.39 is 0 Å². The summed E-state index contributed by atoms with van der Waals surface area (Å²) in [5, 5.41) is 3.15. The first-order valence-electron chi connectivity index (χ1n) is 6.17. The molecule has 0 aliphatic rings. The lowest BCUT2D eigenvalue weighted by atomic mass is 10.2. The molecule has 100 valence electrons. The van der Waals surface area contributed by atoms with E-state index in [9.17, 15) is 4.79 Å². The Bertz CT molecular complexity index is 392. The molecule has 1 atom stereocenters. The molecule has 1 amide bonds. The number of nitrogens with one attached hydrogen (secondary N) is 1. The second-order valence-electron chi connectivity index (χ2n) is 3.96. The SMILES string of the molecule is CCN(CC)C(=O)C(C)Nc1ccnc(OC)c1. The van der Waals surface area contributed by atoms with Crippen LogP contribution in [0.5, 0.6) is 5.88 Å². The summed E-state index contributed by atoms with van der Waals surface area (Å²) in [5.41, 5.74) is 0.829. The van der Waals surface area contributed by atoms with Gasteiger partial charge in [-0.1, -0.05) is 0 Å². The standard InChI is InChI=1S/C13H21N3O2/c1-5-16(6-2)13(17)10(3)15-11-7-8-14-12(9-11)18-4/h7-10H,5-6H2,1-4H3,(H,14,15). The molecule has 0 aromatic carbocycles. The van der Waals surface area contributed by atoms with Gasteiger partial charge < -0.3 is 15.0 Å². The number of anilines is 1. The second-order valence-corrected chi connectivity index (χ2v) is 3.96. The van der Waals surface area contributed by atoms with Crippen molar-refractivity contribution in [2.75, 3.05) is 25.5 Å². The number of hydrogen-bond donors (Lipinski definition) is 1. The minimum Gasteiger partial charge on any atom is -0.481 e. The van der Waals surface area contributed by atoms with Crippen molar-refractivity contribution < 1.29 is 9.53 Å². The average Bonchev–Trinajstić information content (AvgIpc) is 2.40. The normalized spacial score (nSPS) is 11.8. The van der Waals surface area contributed by atoms with Crippen LogP contribution in [0.3, 0.4) is 0 Å². The van der Waals surface area contributed by atoms with Crippen LogP contribution < -0.4 is 10.1 Å². The summed E-state index contributed by atoms with van der Waals surface area (Å²) in [6.45, 7) is 7.25. The third-order valence-corrected chi connectivity index (χ3v) is 2.77. The zero-order valence-electron chi connectivity index (χ0n) is 11.4. The van der Waals surface area contributed by atoms with E-state index in [4.69, 9.17) is 4.74 Å². The smallest absolute Gasteiger partial charge is 0.244 e. The largest absolute Gasteiger partial charge is 0.481 e. The monoisotopic (exact) mass is 251 g/mol. The summed E-state index contributed by atoms with van der Waals surface area (Å²) in [6.07, 6.45) is 1.65. The van der Waals surface area contributed by atoms with Gasteiger partial charge in [-0.25, -0.2) is 4.98 Å². The first-order chi connectivity index (χ1) is 8.62. The van der Waals surface area contributed by atoms with Crippen molar-refractivity contribution in [1.29, 1.82) is 0 Å². The molecule has 0 saturated heterocycles. The zero-order valence-corrected chi connectivity index (χ0v) is 11.4. The molecule has 18 heavy (non-hydrogen) atoms. The Labute approximate surface area is 108 Å². The van der Waals surface area contributed by atoms with Gasteiger partial charge in [0.25, 0.3) is 0 Å². The fraction of sp³-hybridized carbons (Fsp3) is 0.538. The highest BCUT2D eigenvalue weighted by atomic mass is 16.5. The first kappa shape index (κ1) is 14.3. The maximum atomic E-state index is 12.1. The molecule has 1 rings (SSSR count). The van der Waals surface area contributed by atoms with Crippen LogP contribution in [0, 0.1) is 0 Å². The number of likely N-dealkylation sites (N-methyl/N-ethyl adjacent to an activating group) is 1. The molecule has 1 N–H and O–H groups in total. The van der Waals surface area contributed by atoms with Crippen LogP contribution in [0.1, 0.15) is 20.8 Å². The molecule has 0 radical (unpaired) electrons. The Balaban J connectivity index is 2.68. The number of methoxy groups -OCH3 is 1. The molecular weight excluding hydrogens is 230 g/mol. The summed E-state index contributed by atoms with van der Waals surface area (Å²) in [5.74, 6) is 0.623. The predicted molar refractivity (Wildman–Crippen MR) is 71.8 cm³/mol. The molecule has 0 fully saturated rings. The van der Waals surface area contributed by atoms with Crippen molar-refractivity contribution >= 4 is 11.6 Å². The van der Waals surface area contributed by atoms with Crippen LogP contribution in [0.2, 0.25) is 0 Å². The zero-order chi connectivity index (χ0) is 13.5. The van der Waals surface area contributed by atoms with Crippen molar-refractivity contribution in [2.24, 2.45) is 0 Å². The van der Waals surface area contributed by atoms with E-state index in [-0.39, 0.29) is 11.9 Å². The van der Waals surface area contributed by atoms with E-state index in [1.807, 2.05) is 26.8 Å². The maximum Gasteiger partial charge on any atom is 0.244 e. The Hall–Kier alpha value is -1.78. The summed E-state index contributed by atoms with van der Waals surface area (Å²) in [4.78, 5) is 17.9. The second kappa shape index (κ2) is 6.83.